The summed E-state index contributed by atoms with van der Waals surface area (Å²) >= 11 is 6.72. The summed E-state index contributed by atoms with van der Waals surface area (Å²) in [5.41, 5.74) is 8.22. The lowest BCUT2D eigenvalue weighted by Gasteiger charge is -2.00. The van der Waals surface area contributed by atoms with E-state index in [0.29, 0.717) is 11.6 Å². The van der Waals surface area contributed by atoms with E-state index in [1.54, 1.807) is 12.4 Å². The van der Waals surface area contributed by atoms with Gasteiger partial charge >= 0.3 is 0 Å². The highest BCUT2D eigenvalue weighted by Gasteiger charge is 1.99. The number of anilines is 2. The number of fused-ring (bicyclic) bond motifs is 2. The molecule has 4 rings (SSSR count). The number of hydrogen-bond acceptors (Lipinski definition) is 8. The van der Waals surface area contributed by atoms with Gasteiger partial charge in [-0.3, -0.25) is 9.97 Å². The van der Waals surface area contributed by atoms with Crippen LogP contribution < -0.4 is 22.5 Å². The van der Waals surface area contributed by atoms with Crippen LogP contribution in [0.1, 0.15) is 0 Å². The van der Waals surface area contributed by atoms with Crippen molar-refractivity contribution in [2.45, 2.75) is 0 Å². The average Bonchev–Trinajstić information content (AvgIpc) is 2.67. The monoisotopic (exact) mass is 476 g/mol. The topological polar surface area (TPSA) is 128 Å². The van der Waals surface area contributed by atoms with Crippen molar-refractivity contribution in [3.05, 3.63) is 57.7 Å². The highest BCUT2D eigenvalue weighted by Crippen LogP contribution is 2.18. The number of benzene rings is 2. The maximum Gasteiger partial charge on any atom is 0.159 e. The Balaban J connectivity index is 0.000000151. The number of halogens is 2. The molecule has 0 aliphatic rings. The van der Waals surface area contributed by atoms with Crippen molar-refractivity contribution in [1.29, 1.82) is 0 Å². The van der Waals surface area contributed by atoms with Gasteiger partial charge in [0, 0.05) is 8.95 Å². The molecule has 0 aliphatic carbocycles. The Morgan fingerprint density at radius 1 is 0.654 bits per heavy atom. The first kappa shape index (κ1) is 18.4. The standard InChI is InChI=1S/2C8H7BrN4/c2*9-5-1-2-6-7(3-5)12-8(13-10)4-11-6/h2*1-4H,10H2,(H,12,13). The molecule has 0 bridgehead atoms. The van der Waals surface area contributed by atoms with Gasteiger partial charge < -0.3 is 10.9 Å². The zero-order valence-electron chi connectivity index (χ0n) is 13.3. The quantitative estimate of drug-likeness (QED) is 0.255. The number of nitrogens with two attached hydrogens (primary N) is 2. The van der Waals surface area contributed by atoms with Gasteiger partial charge in [-0.05, 0) is 36.4 Å². The highest BCUT2D eigenvalue weighted by molar-refractivity contribution is 9.10. The Kier molecular flexibility index (Phi) is 5.89. The molecule has 2 aromatic carbocycles. The molecule has 0 unspecified atom stereocenters. The number of nitrogens with one attached hydrogen (secondary N) is 2. The van der Waals surface area contributed by atoms with Gasteiger partial charge in [-0.15, -0.1) is 0 Å². The molecule has 26 heavy (non-hydrogen) atoms. The van der Waals surface area contributed by atoms with E-state index in [4.69, 9.17) is 11.7 Å². The van der Waals surface area contributed by atoms with Crippen LogP contribution in [0.2, 0.25) is 0 Å². The van der Waals surface area contributed by atoms with Gasteiger partial charge in [0.15, 0.2) is 11.6 Å². The van der Waals surface area contributed by atoms with Crippen molar-refractivity contribution in [1.82, 2.24) is 19.9 Å². The molecule has 0 saturated carbocycles. The van der Waals surface area contributed by atoms with Crippen molar-refractivity contribution in [3.8, 4) is 0 Å². The smallest absolute Gasteiger partial charge is 0.159 e. The summed E-state index contributed by atoms with van der Waals surface area (Å²) in [7, 11) is 0. The summed E-state index contributed by atoms with van der Waals surface area (Å²) in [4.78, 5) is 16.8. The van der Waals surface area contributed by atoms with Gasteiger partial charge in [-0.2, -0.15) is 0 Å². The van der Waals surface area contributed by atoms with E-state index in [1.807, 2.05) is 36.4 Å². The van der Waals surface area contributed by atoms with Crippen LogP contribution in [-0.4, -0.2) is 19.9 Å². The first-order valence-corrected chi connectivity index (χ1v) is 8.95. The predicted octanol–water partition coefficient (Wildman–Crippen LogP) is 3.36. The van der Waals surface area contributed by atoms with Crippen molar-refractivity contribution >= 4 is 65.6 Å². The molecule has 10 heteroatoms. The van der Waals surface area contributed by atoms with Crippen LogP contribution >= 0.6 is 31.9 Å². The Bertz CT molecular complexity index is 971. The molecular formula is C16H14Br2N8. The second kappa shape index (κ2) is 8.32. The Labute approximate surface area is 165 Å². The summed E-state index contributed by atoms with van der Waals surface area (Å²) < 4.78 is 1.95. The highest BCUT2D eigenvalue weighted by atomic mass is 79.9. The lowest BCUT2D eigenvalue weighted by molar-refractivity contribution is 1.21. The lowest BCUT2D eigenvalue weighted by atomic mass is 10.3. The molecule has 6 N–H and O–H groups in total. The van der Waals surface area contributed by atoms with E-state index in [2.05, 4.69) is 62.6 Å². The summed E-state index contributed by atoms with van der Waals surface area (Å²) in [6, 6.07) is 11.4. The molecule has 0 fully saturated rings. The summed E-state index contributed by atoms with van der Waals surface area (Å²) in [5, 5.41) is 0. The van der Waals surface area contributed by atoms with Crippen molar-refractivity contribution in [2.75, 3.05) is 10.9 Å². The predicted molar refractivity (Wildman–Crippen MR) is 110 cm³/mol. The number of aromatic nitrogens is 4. The summed E-state index contributed by atoms with van der Waals surface area (Å²) in [5.74, 6) is 11.6. The van der Waals surface area contributed by atoms with Gasteiger partial charge in [0.2, 0.25) is 0 Å². The lowest BCUT2D eigenvalue weighted by Crippen LogP contribution is -2.08. The van der Waals surface area contributed by atoms with Crippen molar-refractivity contribution in [3.63, 3.8) is 0 Å². The van der Waals surface area contributed by atoms with Crippen LogP contribution in [0.3, 0.4) is 0 Å². The van der Waals surface area contributed by atoms with E-state index in [9.17, 15) is 0 Å². The van der Waals surface area contributed by atoms with Gasteiger partial charge in [-0.1, -0.05) is 31.9 Å². The maximum atomic E-state index is 5.21. The van der Waals surface area contributed by atoms with Crippen LogP contribution in [0, 0.1) is 0 Å². The SMILES string of the molecule is NNc1cnc2ccc(Br)cc2n1.NNc1cnc2ccc(Br)cc2n1. The zero-order chi connectivity index (χ0) is 18.5. The molecule has 132 valence electrons. The summed E-state index contributed by atoms with van der Waals surface area (Å²) in [6.45, 7) is 0. The van der Waals surface area contributed by atoms with Gasteiger partial charge in [0.05, 0.1) is 34.5 Å². The molecule has 0 aliphatic heterocycles. The fourth-order valence-electron chi connectivity index (χ4n) is 2.11. The minimum absolute atomic E-state index is 0.561. The zero-order valence-corrected chi connectivity index (χ0v) is 16.5. The number of nitrogen functional groups attached to an aromatic ring is 2. The Morgan fingerprint density at radius 2 is 1.08 bits per heavy atom. The molecule has 0 spiro atoms. The fraction of sp³-hybridized carbons (Fsp3) is 0. The maximum absolute atomic E-state index is 5.21. The van der Waals surface area contributed by atoms with Crippen LogP contribution in [0.25, 0.3) is 22.1 Å². The van der Waals surface area contributed by atoms with Gasteiger partial charge in [-0.25, -0.2) is 21.7 Å². The molecule has 2 aromatic heterocycles. The first-order chi connectivity index (χ1) is 12.6. The Morgan fingerprint density at radius 3 is 1.46 bits per heavy atom. The molecule has 0 atom stereocenters. The number of hydrogen-bond donors (Lipinski definition) is 4. The molecule has 4 aromatic rings. The van der Waals surface area contributed by atoms with E-state index in [1.165, 1.54) is 0 Å². The minimum atomic E-state index is 0.561. The second-order valence-corrected chi connectivity index (χ2v) is 6.90. The molecule has 0 radical (unpaired) electrons. The van der Waals surface area contributed by atoms with Crippen molar-refractivity contribution in [2.24, 2.45) is 11.7 Å². The number of hydrazine groups is 2. The molecule has 2 heterocycles. The minimum Gasteiger partial charge on any atom is -0.307 e. The molecular weight excluding hydrogens is 464 g/mol. The van der Waals surface area contributed by atoms with Gasteiger partial charge in [0.25, 0.3) is 0 Å². The third kappa shape index (κ3) is 4.41. The third-order valence-electron chi connectivity index (χ3n) is 3.30. The second-order valence-electron chi connectivity index (χ2n) is 5.07. The van der Waals surface area contributed by atoms with Crippen LogP contribution in [-0.2, 0) is 0 Å². The van der Waals surface area contributed by atoms with Crippen LogP contribution in [0.4, 0.5) is 11.6 Å². The van der Waals surface area contributed by atoms with Crippen LogP contribution in [0.15, 0.2) is 57.7 Å². The van der Waals surface area contributed by atoms with Crippen molar-refractivity contribution < 1.29 is 0 Å². The molecule has 0 saturated heterocycles. The summed E-state index contributed by atoms with van der Waals surface area (Å²) in [6.07, 6.45) is 3.19. The third-order valence-corrected chi connectivity index (χ3v) is 4.29. The van der Waals surface area contributed by atoms with E-state index < -0.39 is 0 Å². The fourth-order valence-corrected chi connectivity index (χ4v) is 2.81. The molecule has 0 amide bonds. The van der Waals surface area contributed by atoms with E-state index in [-0.39, 0.29) is 0 Å². The van der Waals surface area contributed by atoms with Crippen LogP contribution in [0.5, 0.6) is 0 Å². The average molecular weight is 478 g/mol. The largest absolute Gasteiger partial charge is 0.307 e. The number of rotatable bonds is 2. The molecule has 8 nitrogen and oxygen atoms in total. The van der Waals surface area contributed by atoms with Gasteiger partial charge in [0.1, 0.15) is 0 Å². The Hall–Kier alpha value is -2.40. The van der Waals surface area contributed by atoms with E-state index in [0.717, 1.165) is 31.0 Å². The number of nitrogens with zero attached hydrogens (tertiary/aromatic N) is 4. The normalized spacial score (nSPS) is 10.3. The van der Waals surface area contributed by atoms with E-state index >= 15 is 0 Å². The first-order valence-electron chi connectivity index (χ1n) is 7.37.